The number of hydrogen-bond donors (Lipinski definition) is 2. The zero-order valence-electron chi connectivity index (χ0n) is 17.1. The van der Waals surface area contributed by atoms with Gasteiger partial charge in [0.25, 0.3) is 5.56 Å². The summed E-state index contributed by atoms with van der Waals surface area (Å²) in [6.07, 6.45) is 1.88. The molecule has 1 aromatic heterocycles. The summed E-state index contributed by atoms with van der Waals surface area (Å²) in [5, 5.41) is 4.14. The number of carbonyl (C=O) groups is 1. The Kier molecular flexibility index (Phi) is 4.65. The summed E-state index contributed by atoms with van der Waals surface area (Å²) in [6, 6.07) is 11.4. The molecule has 3 aromatic rings. The number of nitrogens with one attached hydrogen (secondary N) is 2. The molecule has 150 valence electrons. The van der Waals surface area contributed by atoms with Crippen LogP contribution in [0.5, 0.6) is 0 Å². The first kappa shape index (κ1) is 19.2. The van der Waals surface area contributed by atoms with Crippen LogP contribution in [0, 0.1) is 6.92 Å². The molecule has 4 rings (SSSR count). The van der Waals surface area contributed by atoms with Crippen LogP contribution in [0.25, 0.3) is 10.9 Å². The predicted octanol–water partition coefficient (Wildman–Crippen LogP) is 4.29. The van der Waals surface area contributed by atoms with Crippen LogP contribution in [0.15, 0.2) is 41.2 Å². The van der Waals surface area contributed by atoms with Crippen LogP contribution in [0.3, 0.4) is 0 Å². The molecule has 1 atom stereocenters. The van der Waals surface area contributed by atoms with Gasteiger partial charge < -0.3 is 15.0 Å². The van der Waals surface area contributed by atoms with Crippen molar-refractivity contribution in [1.29, 1.82) is 0 Å². The van der Waals surface area contributed by atoms with Gasteiger partial charge in [0, 0.05) is 5.69 Å². The van der Waals surface area contributed by atoms with Crippen molar-refractivity contribution in [2.75, 3.05) is 5.32 Å². The summed E-state index contributed by atoms with van der Waals surface area (Å²) in [7, 11) is 0. The fraction of sp³-hybridized carbons (Fsp3) is 0.348. The fourth-order valence-electron chi connectivity index (χ4n) is 3.75. The van der Waals surface area contributed by atoms with Gasteiger partial charge >= 0.3 is 5.97 Å². The van der Waals surface area contributed by atoms with Crippen molar-refractivity contribution in [2.45, 2.75) is 52.2 Å². The highest BCUT2D eigenvalue weighted by Gasteiger charge is 2.24. The van der Waals surface area contributed by atoms with Crippen molar-refractivity contribution >= 4 is 22.6 Å². The SMILES string of the molecule is Cc1nc2cc3c(cc2c(=O)[nH]1)C(Nc1ccc(C(=O)OC(C)(C)C)cc1)CC3. The van der Waals surface area contributed by atoms with Gasteiger partial charge in [-0.2, -0.15) is 0 Å². The molecule has 0 fully saturated rings. The third-order valence-corrected chi connectivity index (χ3v) is 5.02. The molecule has 1 unspecified atom stereocenters. The quantitative estimate of drug-likeness (QED) is 0.651. The van der Waals surface area contributed by atoms with Crippen LogP contribution in [-0.2, 0) is 11.2 Å². The monoisotopic (exact) mass is 391 g/mol. The molecule has 6 heteroatoms. The number of ether oxygens (including phenoxy) is 1. The number of fused-ring (bicyclic) bond motifs is 2. The number of anilines is 1. The topological polar surface area (TPSA) is 84.1 Å². The number of benzene rings is 2. The third kappa shape index (κ3) is 4.01. The zero-order valence-corrected chi connectivity index (χ0v) is 17.1. The van der Waals surface area contributed by atoms with Crippen LogP contribution < -0.4 is 10.9 Å². The maximum absolute atomic E-state index is 12.3. The molecule has 2 N–H and O–H groups in total. The molecule has 0 radical (unpaired) electrons. The lowest BCUT2D eigenvalue weighted by Crippen LogP contribution is -2.23. The number of hydrogen-bond acceptors (Lipinski definition) is 5. The molecule has 1 heterocycles. The molecule has 0 saturated heterocycles. The largest absolute Gasteiger partial charge is 0.456 e. The van der Waals surface area contributed by atoms with Crippen molar-refractivity contribution in [3.63, 3.8) is 0 Å². The summed E-state index contributed by atoms with van der Waals surface area (Å²) in [4.78, 5) is 31.7. The number of esters is 1. The number of aryl methyl sites for hydroxylation is 2. The van der Waals surface area contributed by atoms with Gasteiger partial charge in [0.2, 0.25) is 0 Å². The minimum absolute atomic E-state index is 0.109. The highest BCUT2D eigenvalue weighted by Crippen LogP contribution is 2.35. The lowest BCUT2D eigenvalue weighted by Gasteiger charge is -2.20. The molecule has 0 amide bonds. The predicted molar refractivity (Wildman–Crippen MR) is 113 cm³/mol. The van der Waals surface area contributed by atoms with Crippen molar-refractivity contribution < 1.29 is 9.53 Å². The van der Waals surface area contributed by atoms with Gasteiger partial charge in [-0.15, -0.1) is 0 Å². The maximum atomic E-state index is 12.3. The van der Waals surface area contributed by atoms with E-state index in [9.17, 15) is 9.59 Å². The van der Waals surface area contributed by atoms with Crippen LogP contribution in [-0.4, -0.2) is 21.5 Å². The fourth-order valence-corrected chi connectivity index (χ4v) is 3.75. The highest BCUT2D eigenvalue weighted by atomic mass is 16.6. The number of aromatic nitrogens is 2. The highest BCUT2D eigenvalue weighted by molar-refractivity contribution is 5.90. The Hall–Kier alpha value is -3.15. The van der Waals surface area contributed by atoms with E-state index in [0.717, 1.165) is 29.6 Å². The number of H-pyrrole nitrogens is 1. The maximum Gasteiger partial charge on any atom is 0.338 e. The normalized spacial score (nSPS) is 15.9. The minimum atomic E-state index is -0.518. The van der Waals surface area contributed by atoms with E-state index in [1.807, 2.05) is 45.0 Å². The molecule has 0 bridgehead atoms. The number of rotatable bonds is 3. The average Bonchev–Trinajstić information content (AvgIpc) is 3.01. The first-order valence-electron chi connectivity index (χ1n) is 9.83. The number of nitrogens with zero attached hydrogens (tertiary/aromatic N) is 1. The van der Waals surface area contributed by atoms with Gasteiger partial charge in [-0.05, 0) is 88.1 Å². The second kappa shape index (κ2) is 7.03. The zero-order chi connectivity index (χ0) is 20.8. The second-order valence-electron chi connectivity index (χ2n) is 8.53. The summed E-state index contributed by atoms with van der Waals surface area (Å²) in [5.41, 5.74) is 3.91. The van der Waals surface area contributed by atoms with E-state index in [-0.39, 0.29) is 17.6 Å². The summed E-state index contributed by atoms with van der Waals surface area (Å²) < 4.78 is 5.41. The van der Waals surface area contributed by atoms with Gasteiger partial charge in [-0.3, -0.25) is 4.79 Å². The Bertz CT molecular complexity index is 1140. The van der Waals surface area contributed by atoms with Crippen molar-refractivity contribution in [1.82, 2.24) is 9.97 Å². The Balaban J connectivity index is 1.56. The van der Waals surface area contributed by atoms with Gasteiger partial charge in [-0.1, -0.05) is 0 Å². The van der Waals surface area contributed by atoms with E-state index in [1.165, 1.54) is 5.56 Å². The van der Waals surface area contributed by atoms with E-state index >= 15 is 0 Å². The number of carbonyl (C=O) groups excluding carboxylic acids is 1. The standard InChI is InChI=1S/C23H25N3O3/c1-13-24-20-11-15-7-10-19(17(15)12-18(20)21(27)25-13)26-16-8-5-14(6-9-16)22(28)29-23(2,3)4/h5-6,8-9,11-12,19,26H,7,10H2,1-4H3,(H,24,25,27). The Morgan fingerprint density at radius 2 is 1.93 bits per heavy atom. The van der Waals surface area contributed by atoms with E-state index in [2.05, 4.69) is 15.3 Å². The van der Waals surface area contributed by atoms with Crippen LogP contribution in [0.1, 0.15) is 60.5 Å². The van der Waals surface area contributed by atoms with Gasteiger partial charge in [-0.25, -0.2) is 9.78 Å². The first-order valence-corrected chi connectivity index (χ1v) is 9.83. The molecular weight excluding hydrogens is 366 g/mol. The molecule has 2 aromatic carbocycles. The van der Waals surface area contributed by atoms with Gasteiger partial charge in [0.15, 0.2) is 0 Å². The van der Waals surface area contributed by atoms with Crippen LogP contribution in [0.4, 0.5) is 5.69 Å². The Labute approximate surface area is 169 Å². The first-order chi connectivity index (χ1) is 13.7. The lowest BCUT2D eigenvalue weighted by molar-refractivity contribution is 0.00696. The molecule has 1 aliphatic rings. The lowest BCUT2D eigenvalue weighted by atomic mass is 10.0. The smallest absolute Gasteiger partial charge is 0.338 e. The summed E-state index contributed by atoms with van der Waals surface area (Å²) >= 11 is 0. The van der Waals surface area contributed by atoms with Crippen molar-refractivity contribution in [3.8, 4) is 0 Å². The molecule has 1 aliphatic carbocycles. The molecule has 0 aliphatic heterocycles. The summed E-state index contributed by atoms with van der Waals surface area (Å²) in [6.45, 7) is 7.34. The van der Waals surface area contributed by atoms with E-state index < -0.39 is 5.60 Å². The van der Waals surface area contributed by atoms with Gasteiger partial charge in [0.1, 0.15) is 11.4 Å². The minimum Gasteiger partial charge on any atom is -0.456 e. The Morgan fingerprint density at radius 3 is 2.62 bits per heavy atom. The Morgan fingerprint density at radius 1 is 1.21 bits per heavy atom. The molecule has 0 spiro atoms. The second-order valence-corrected chi connectivity index (χ2v) is 8.53. The molecule has 0 saturated carbocycles. The van der Waals surface area contributed by atoms with Crippen LogP contribution in [0.2, 0.25) is 0 Å². The molecular formula is C23H25N3O3. The van der Waals surface area contributed by atoms with E-state index in [1.54, 1.807) is 19.1 Å². The average molecular weight is 391 g/mol. The number of aromatic amines is 1. The molecule has 29 heavy (non-hydrogen) atoms. The van der Waals surface area contributed by atoms with E-state index in [4.69, 9.17) is 4.74 Å². The van der Waals surface area contributed by atoms with E-state index in [0.29, 0.717) is 16.8 Å². The van der Waals surface area contributed by atoms with Gasteiger partial charge in [0.05, 0.1) is 22.5 Å². The summed E-state index contributed by atoms with van der Waals surface area (Å²) in [5.74, 6) is 0.295. The third-order valence-electron chi connectivity index (χ3n) is 5.02. The van der Waals surface area contributed by atoms with Crippen molar-refractivity contribution in [3.05, 3.63) is 69.3 Å². The van der Waals surface area contributed by atoms with Crippen LogP contribution >= 0.6 is 0 Å². The van der Waals surface area contributed by atoms with Crippen molar-refractivity contribution in [2.24, 2.45) is 0 Å². The molecule has 6 nitrogen and oxygen atoms in total.